The van der Waals surface area contributed by atoms with Gasteiger partial charge in [-0.1, -0.05) is 26.0 Å². The summed E-state index contributed by atoms with van der Waals surface area (Å²) in [5, 5.41) is 6.34. The fourth-order valence-corrected chi connectivity index (χ4v) is 2.41. The quantitative estimate of drug-likeness (QED) is 0.767. The van der Waals surface area contributed by atoms with Crippen molar-refractivity contribution in [3.63, 3.8) is 0 Å². The van der Waals surface area contributed by atoms with Crippen LogP contribution >= 0.6 is 11.8 Å². The Hall–Kier alpha value is -1.16. The third-order valence-electron chi connectivity index (χ3n) is 2.69. The maximum Gasteiger partial charge on any atom is 0.253 e. The molecule has 3 nitrogen and oxygen atoms in total. The second-order valence-corrected chi connectivity index (χ2v) is 5.83. The van der Waals surface area contributed by atoms with Crippen LogP contribution in [0.15, 0.2) is 24.3 Å². The van der Waals surface area contributed by atoms with E-state index in [0.717, 1.165) is 35.7 Å². The van der Waals surface area contributed by atoms with E-state index in [-0.39, 0.29) is 11.9 Å². The molecule has 0 aliphatic carbocycles. The van der Waals surface area contributed by atoms with Crippen molar-refractivity contribution in [1.29, 1.82) is 0 Å². The lowest BCUT2D eigenvalue weighted by Gasteiger charge is -2.15. The fourth-order valence-electron chi connectivity index (χ4n) is 1.73. The number of anilines is 1. The third-order valence-corrected chi connectivity index (χ3v) is 3.83. The maximum absolute atomic E-state index is 12.2. The van der Waals surface area contributed by atoms with Gasteiger partial charge in [-0.25, -0.2) is 0 Å². The summed E-state index contributed by atoms with van der Waals surface area (Å²) in [4.78, 5) is 12.2. The van der Waals surface area contributed by atoms with E-state index in [4.69, 9.17) is 0 Å². The summed E-state index contributed by atoms with van der Waals surface area (Å²) >= 11 is 1.84. The van der Waals surface area contributed by atoms with Gasteiger partial charge < -0.3 is 10.6 Å². The van der Waals surface area contributed by atoms with Crippen LogP contribution in [0.4, 0.5) is 5.69 Å². The van der Waals surface area contributed by atoms with E-state index in [1.54, 1.807) is 0 Å². The Labute approximate surface area is 120 Å². The molecule has 1 amide bonds. The average molecular weight is 280 g/mol. The first-order valence-electron chi connectivity index (χ1n) is 6.90. The van der Waals surface area contributed by atoms with E-state index >= 15 is 0 Å². The number of carbonyl (C=O) groups excluding carboxylic acids is 1. The van der Waals surface area contributed by atoms with Gasteiger partial charge in [-0.2, -0.15) is 11.8 Å². The normalized spacial score (nSPS) is 11.9. The lowest BCUT2D eigenvalue weighted by molar-refractivity contribution is 0.0944. The number of hydrogen-bond donors (Lipinski definition) is 2. The van der Waals surface area contributed by atoms with Gasteiger partial charge in [0.25, 0.3) is 5.91 Å². The molecule has 19 heavy (non-hydrogen) atoms. The monoisotopic (exact) mass is 280 g/mol. The van der Waals surface area contributed by atoms with Crippen molar-refractivity contribution in [1.82, 2.24) is 5.32 Å². The Kier molecular flexibility index (Phi) is 7.41. The van der Waals surface area contributed by atoms with Crippen molar-refractivity contribution < 1.29 is 4.79 Å². The van der Waals surface area contributed by atoms with E-state index < -0.39 is 0 Å². The molecular weight excluding hydrogens is 256 g/mol. The molecule has 106 valence electrons. The van der Waals surface area contributed by atoms with Gasteiger partial charge in [0.1, 0.15) is 0 Å². The lowest BCUT2D eigenvalue weighted by Crippen LogP contribution is -2.34. The van der Waals surface area contributed by atoms with Crippen LogP contribution in [-0.4, -0.2) is 30.0 Å². The first kappa shape index (κ1) is 15.9. The standard InChI is InChI=1S/C15H24N2OS/c1-4-10-16-14-9-7-6-8-13(14)15(18)17-12(3)11-19-5-2/h6-9,12,16H,4-5,10-11H2,1-3H3,(H,17,18). The predicted molar refractivity (Wildman–Crippen MR) is 85.1 cm³/mol. The molecule has 0 spiro atoms. The van der Waals surface area contributed by atoms with Crippen molar-refractivity contribution >= 4 is 23.4 Å². The van der Waals surface area contributed by atoms with Gasteiger partial charge in [-0.3, -0.25) is 4.79 Å². The Balaban J connectivity index is 2.65. The molecular formula is C15H24N2OS. The van der Waals surface area contributed by atoms with Crippen molar-refractivity contribution in [2.45, 2.75) is 33.2 Å². The smallest absolute Gasteiger partial charge is 0.253 e. The van der Waals surface area contributed by atoms with Gasteiger partial charge in [0, 0.05) is 24.0 Å². The minimum absolute atomic E-state index is 0.00315. The van der Waals surface area contributed by atoms with Crippen LogP contribution in [0.25, 0.3) is 0 Å². The van der Waals surface area contributed by atoms with Gasteiger partial charge in [0.2, 0.25) is 0 Å². The van der Waals surface area contributed by atoms with Gasteiger partial charge in [-0.15, -0.1) is 0 Å². The van der Waals surface area contributed by atoms with Crippen LogP contribution in [0.1, 0.15) is 37.6 Å². The van der Waals surface area contributed by atoms with Gasteiger partial charge in [0.15, 0.2) is 0 Å². The van der Waals surface area contributed by atoms with E-state index in [1.807, 2.05) is 43.0 Å². The molecule has 1 atom stereocenters. The molecule has 0 radical (unpaired) electrons. The molecule has 1 aromatic carbocycles. The van der Waals surface area contributed by atoms with Crippen LogP contribution < -0.4 is 10.6 Å². The van der Waals surface area contributed by atoms with Gasteiger partial charge >= 0.3 is 0 Å². The second-order valence-electron chi connectivity index (χ2n) is 4.51. The zero-order valence-electron chi connectivity index (χ0n) is 12.0. The number of benzene rings is 1. The highest BCUT2D eigenvalue weighted by Crippen LogP contribution is 2.15. The molecule has 2 N–H and O–H groups in total. The molecule has 0 saturated heterocycles. The van der Waals surface area contributed by atoms with Crippen molar-refractivity contribution in [3.05, 3.63) is 29.8 Å². The van der Waals surface area contributed by atoms with Gasteiger partial charge in [-0.05, 0) is 31.2 Å². The summed E-state index contributed by atoms with van der Waals surface area (Å²) in [7, 11) is 0. The Morgan fingerprint density at radius 2 is 2.05 bits per heavy atom. The van der Waals surface area contributed by atoms with E-state index in [9.17, 15) is 4.79 Å². The maximum atomic E-state index is 12.2. The van der Waals surface area contributed by atoms with Crippen molar-refractivity contribution in [3.8, 4) is 0 Å². The molecule has 0 saturated carbocycles. The largest absolute Gasteiger partial charge is 0.384 e. The van der Waals surface area contributed by atoms with Crippen molar-refractivity contribution in [2.24, 2.45) is 0 Å². The number of rotatable bonds is 8. The Morgan fingerprint density at radius 1 is 1.32 bits per heavy atom. The van der Waals surface area contributed by atoms with Crippen molar-refractivity contribution in [2.75, 3.05) is 23.4 Å². The highest BCUT2D eigenvalue weighted by molar-refractivity contribution is 7.99. The zero-order valence-corrected chi connectivity index (χ0v) is 12.8. The first-order valence-corrected chi connectivity index (χ1v) is 8.06. The number of nitrogens with one attached hydrogen (secondary N) is 2. The van der Waals surface area contributed by atoms with Crippen LogP contribution in [0, 0.1) is 0 Å². The van der Waals surface area contributed by atoms with E-state index in [1.165, 1.54) is 0 Å². The zero-order chi connectivity index (χ0) is 14.1. The predicted octanol–water partition coefficient (Wildman–Crippen LogP) is 3.38. The number of carbonyl (C=O) groups is 1. The topological polar surface area (TPSA) is 41.1 Å². The highest BCUT2D eigenvalue weighted by Gasteiger charge is 2.12. The summed E-state index contributed by atoms with van der Waals surface area (Å²) in [6.45, 7) is 7.16. The van der Waals surface area contributed by atoms with Crippen LogP contribution in [0.3, 0.4) is 0 Å². The molecule has 0 aromatic heterocycles. The number of thioether (sulfide) groups is 1. The van der Waals surface area contributed by atoms with Crippen LogP contribution in [0.5, 0.6) is 0 Å². The fraction of sp³-hybridized carbons (Fsp3) is 0.533. The first-order chi connectivity index (χ1) is 9.19. The Morgan fingerprint density at radius 3 is 2.74 bits per heavy atom. The molecule has 0 fully saturated rings. The number of para-hydroxylation sites is 1. The molecule has 1 unspecified atom stereocenters. The molecule has 1 aromatic rings. The summed E-state index contributed by atoms with van der Waals surface area (Å²) in [5.41, 5.74) is 1.64. The molecule has 0 aliphatic rings. The summed E-state index contributed by atoms with van der Waals surface area (Å²) in [5.74, 6) is 2.03. The van der Waals surface area contributed by atoms with Gasteiger partial charge in [0.05, 0.1) is 5.56 Å². The molecule has 0 aliphatic heterocycles. The molecule has 4 heteroatoms. The Bertz CT molecular complexity index is 395. The molecule has 0 bridgehead atoms. The average Bonchev–Trinajstić information content (AvgIpc) is 2.43. The lowest BCUT2D eigenvalue weighted by atomic mass is 10.1. The summed E-state index contributed by atoms with van der Waals surface area (Å²) < 4.78 is 0. The number of hydrogen-bond acceptors (Lipinski definition) is 3. The summed E-state index contributed by atoms with van der Waals surface area (Å²) in [6.07, 6.45) is 1.04. The van der Waals surface area contributed by atoms with Crippen LogP contribution in [0.2, 0.25) is 0 Å². The molecule has 0 heterocycles. The van der Waals surface area contributed by atoms with E-state index in [0.29, 0.717) is 0 Å². The third kappa shape index (κ3) is 5.55. The highest BCUT2D eigenvalue weighted by atomic mass is 32.2. The minimum Gasteiger partial charge on any atom is -0.384 e. The second kappa shape index (κ2) is 8.86. The van der Waals surface area contributed by atoms with Crippen LogP contribution in [-0.2, 0) is 0 Å². The SMILES string of the molecule is CCCNc1ccccc1C(=O)NC(C)CSCC. The number of amides is 1. The minimum atomic E-state index is 0.00315. The van der Waals surface area contributed by atoms with E-state index in [2.05, 4.69) is 24.5 Å². The molecule has 1 rings (SSSR count). The summed E-state index contributed by atoms with van der Waals surface area (Å²) in [6, 6.07) is 7.86.